The summed E-state index contributed by atoms with van der Waals surface area (Å²) in [5, 5.41) is 42.6. The number of nitro benzene ring substituents is 1. The maximum atomic E-state index is 13.3. The standard InChI is InChI=1S/C38H59N5O15S/c1-22-18-27(44)34(53-21-22)56-33-24(41-29(45)15-11-17-39-35(47)57-37(2,3)4)19-25(42-36(48)58-38(5,6)7)32(31(33)46)55-30-16-10-12-23(54-30)20-40-59(51,52)28-14-9-8-13-26(28)43(49)50/h8-9,12-14,22,24-25,27,30-34,40,44,46H,10-11,15-21H2,1-7H3,(H,39,47)(H,41,45)(H,42,48)/t22-,24+,25-,27+,30+,31-,32+,33-,34+/m0/s1. The Morgan fingerprint density at radius 1 is 0.949 bits per heavy atom. The molecule has 0 spiro atoms. The predicted molar refractivity (Wildman–Crippen MR) is 209 cm³/mol. The molecule has 6 N–H and O–H groups in total. The molecule has 21 heteroatoms. The van der Waals surface area contributed by atoms with Crippen molar-refractivity contribution < 1.29 is 66.4 Å². The van der Waals surface area contributed by atoms with Crippen molar-refractivity contribution in [1.29, 1.82) is 0 Å². The van der Waals surface area contributed by atoms with Crippen LogP contribution in [0.5, 0.6) is 0 Å². The Labute approximate surface area is 344 Å². The third-order valence-electron chi connectivity index (χ3n) is 9.22. The van der Waals surface area contributed by atoms with Crippen molar-refractivity contribution in [2.45, 2.75) is 152 Å². The maximum Gasteiger partial charge on any atom is 0.407 e. The van der Waals surface area contributed by atoms with Crippen molar-refractivity contribution in [3.05, 3.63) is 46.2 Å². The van der Waals surface area contributed by atoms with Gasteiger partial charge in [-0.05, 0) is 85.3 Å². The highest BCUT2D eigenvalue weighted by Crippen LogP contribution is 2.32. The first-order valence-electron chi connectivity index (χ1n) is 19.6. The van der Waals surface area contributed by atoms with Crippen LogP contribution in [0.25, 0.3) is 0 Å². The molecule has 9 atom stereocenters. The molecule has 2 fully saturated rings. The number of amides is 3. The monoisotopic (exact) mass is 857 g/mol. The Bertz CT molecular complexity index is 1770. The fourth-order valence-electron chi connectivity index (χ4n) is 6.70. The van der Waals surface area contributed by atoms with Gasteiger partial charge < -0.3 is 54.6 Å². The summed E-state index contributed by atoms with van der Waals surface area (Å²) in [4.78, 5) is 48.7. The molecular weight excluding hydrogens is 799 g/mol. The average Bonchev–Trinajstić information content (AvgIpc) is 3.12. The minimum atomic E-state index is -4.35. The summed E-state index contributed by atoms with van der Waals surface area (Å²) in [6.45, 7) is 12.1. The van der Waals surface area contributed by atoms with E-state index in [9.17, 15) is 43.1 Å². The Balaban J connectivity index is 1.52. The zero-order valence-electron chi connectivity index (χ0n) is 34.5. The van der Waals surface area contributed by atoms with Gasteiger partial charge in [-0.2, -0.15) is 0 Å². The van der Waals surface area contributed by atoms with Crippen LogP contribution in [-0.4, -0.2) is 122 Å². The first-order chi connectivity index (χ1) is 27.5. The molecule has 0 unspecified atom stereocenters. The fourth-order valence-corrected chi connectivity index (χ4v) is 7.86. The first-order valence-corrected chi connectivity index (χ1v) is 21.1. The van der Waals surface area contributed by atoms with Gasteiger partial charge in [-0.3, -0.25) is 14.9 Å². The van der Waals surface area contributed by atoms with Crippen LogP contribution < -0.4 is 20.7 Å². The number of hydrogen-bond donors (Lipinski definition) is 6. The van der Waals surface area contributed by atoms with Crippen LogP contribution in [0.1, 0.15) is 87.0 Å². The van der Waals surface area contributed by atoms with Crippen molar-refractivity contribution in [3.63, 3.8) is 0 Å². The number of aliphatic hydroxyl groups excluding tert-OH is 2. The lowest BCUT2D eigenvalue weighted by molar-refractivity contribution is -0.387. The summed E-state index contributed by atoms with van der Waals surface area (Å²) in [5.74, 6) is -0.288. The molecule has 1 aliphatic carbocycles. The molecule has 4 rings (SSSR count). The van der Waals surface area contributed by atoms with Crippen LogP contribution >= 0.6 is 0 Å². The Morgan fingerprint density at radius 3 is 2.25 bits per heavy atom. The molecule has 1 saturated heterocycles. The molecule has 20 nitrogen and oxygen atoms in total. The lowest BCUT2D eigenvalue weighted by Crippen LogP contribution is -2.67. The number of benzene rings is 1. The fraction of sp³-hybridized carbons (Fsp3) is 0.711. The zero-order chi connectivity index (χ0) is 43.7. The van der Waals surface area contributed by atoms with E-state index in [-0.39, 0.29) is 57.1 Å². The molecule has 1 saturated carbocycles. The number of carbonyl (C=O) groups is 3. The molecule has 332 valence electrons. The van der Waals surface area contributed by atoms with E-state index >= 15 is 0 Å². The number of ether oxygens (including phenoxy) is 6. The van der Waals surface area contributed by atoms with Crippen LogP contribution in [0.2, 0.25) is 0 Å². The molecule has 59 heavy (non-hydrogen) atoms. The van der Waals surface area contributed by atoms with E-state index in [0.29, 0.717) is 12.8 Å². The van der Waals surface area contributed by atoms with E-state index in [1.54, 1.807) is 47.6 Å². The Morgan fingerprint density at radius 2 is 1.59 bits per heavy atom. The van der Waals surface area contributed by atoms with Gasteiger partial charge >= 0.3 is 12.2 Å². The molecule has 0 radical (unpaired) electrons. The minimum absolute atomic E-state index is 0.0300. The summed E-state index contributed by atoms with van der Waals surface area (Å²) in [6, 6.07) is 2.91. The molecule has 3 amide bonds. The number of para-hydroxylation sites is 1. The zero-order valence-corrected chi connectivity index (χ0v) is 35.3. The highest BCUT2D eigenvalue weighted by molar-refractivity contribution is 7.89. The molecule has 2 heterocycles. The van der Waals surface area contributed by atoms with Crippen molar-refractivity contribution in [1.82, 2.24) is 20.7 Å². The van der Waals surface area contributed by atoms with Gasteiger partial charge in [-0.1, -0.05) is 19.1 Å². The number of hydrogen-bond acceptors (Lipinski definition) is 15. The van der Waals surface area contributed by atoms with E-state index in [1.807, 2.05) is 6.92 Å². The van der Waals surface area contributed by atoms with Crippen molar-refractivity contribution in [2.24, 2.45) is 5.92 Å². The molecule has 3 aliphatic rings. The SMILES string of the molecule is C[C@@H]1CO[C@H](O[C@@H]2[C@@H](O)[C@H](O[C@@H]3CCC=C(CNS(=O)(=O)c4ccccc4[N+](=O)[O-])O3)[C@@H](NC(=O)OC(C)(C)C)C[C@H]2NC(=O)CCCNC(=O)OC(C)(C)C)[C@H](O)C1. The smallest absolute Gasteiger partial charge is 0.407 e. The number of nitrogens with zero attached hydrogens (tertiary/aromatic N) is 1. The van der Waals surface area contributed by atoms with Gasteiger partial charge in [0.2, 0.25) is 15.9 Å². The number of sulfonamides is 1. The van der Waals surface area contributed by atoms with E-state index in [2.05, 4.69) is 20.7 Å². The number of aliphatic hydroxyl groups is 2. The highest BCUT2D eigenvalue weighted by Gasteiger charge is 2.50. The van der Waals surface area contributed by atoms with Crippen molar-refractivity contribution in [3.8, 4) is 0 Å². The van der Waals surface area contributed by atoms with Gasteiger partial charge in [-0.25, -0.2) is 22.7 Å². The molecule has 1 aromatic rings. The van der Waals surface area contributed by atoms with E-state index < -0.39 is 104 Å². The van der Waals surface area contributed by atoms with Crippen molar-refractivity contribution >= 4 is 33.8 Å². The second-order valence-corrected chi connectivity index (χ2v) is 18.6. The Hall–Kier alpha value is -4.12. The van der Waals surface area contributed by atoms with Gasteiger partial charge in [0, 0.05) is 25.5 Å². The van der Waals surface area contributed by atoms with Crippen LogP contribution in [0.3, 0.4) is 0 Å². The van der Waals surface area contributed by atoms with E-state index in [4.69, 9.17) is 28.4 Å². The third-order valence-corrected chi connectivity index (χ3v) is 10.7. The summed E-state index contributed by atoms with van der Waals surface area (Å²) in [6.07, 6.45) is -6.18. The quantitative estimate of drug-likeness (QED) is 0.0841. The van der Waals surface area contributed by atoms with Crippen molar-refractivity contribution in [2.75, 3.05) is 19.7 Å². The molecule has 2 aliphatic heterocycles. The molecule has 0 bridgehead atoms. The summed E-state index contributed by atoms with van der Waals surface area (Å²) in [5.41, 5.74) is -2.20. The van der Waals surface area contributed by atoms with Crippen LogP contribution in [0, 0.1) is 16.0 Å². The molecular formula is C38H59N5O15S. The maximum absolute atomic E-state index is 13.3. The first kappa shape index (κ1) is 47.6. The van der Waals surface area contributed by atoms with Gasteiger partial charge in [0.25, 0.3) is 5.69 Å². The average molecular weight is 858 g/mol. The topological polar surface area (TPSA) is 272 Å². The van der Waals surface area contributed by atoms with Crippen LogP contribution in [0.15, 0.2) is 41.0 Å². The normalized spacial score (nSPS) is 27.7. The van der Waals surface area contributed by atoms with Gasteiger partial charge in [0.05, 0.1) is 30.2 Å². The van der Waals surface area contributed by atoms with Gasteiger partial charge in [0.15, 0.2) is 17.5 Å². The second-order valence-electron chi connectivity index (χ2n) is 16.8. The summed E-state index contributed by atoms with van der Waals surface area (Å²) >= 11 is 0. The number of alkyl carbamates (subject to hydrolysis) is 2. The third kappa shape index (κ3) is 14.8. The molecule has 0 aromatic heterocycles. The minimum Gasteiger partial charge on any atom is -0.468 e. The Kier molecular flexibility index (Phi) is 16.5. The van der Waals surface area contributed by atoms with Gasteiger partial charge in [-0.15, -0.1) is 0 Å². The number of rotatable bonds is 15. The number of nitrogens with one attached hydrogen (secondary N) is 4. The lowest BCUT2D eigenvalue weighted by Gasteiger charge is -2.47. The second kappa shape index (κ2) is 20.4. The summed E-state index contributed by atoms with van der Waals surface area (Å²) < 4.78 is 63.6. The number of nitro groups is 1. The van der Waals surface area contributed by atoms with E-state index in [0.717, 1.165) is 12.1 Å². The van der Waals surface area contributed by atoms with Crippen LogP contribution in [0.4, 0.5) is 15.3 Å². The van der Waals surface area contributed by atoms with Crippen LogP contribution in [-0.2, 0) is 43.2 Å². The lowest BCUT2D eigenvalue weighted by atomic mass is 9.83. The highest BCUT2D eigenvalue weighted by atomic mass is 32.2. The predicted octanol–water partition coefficient (Wildman–Crippen LogP) is 2.85. The number of allylic oxidation sites excluding steroid dienone is 1. The molecule has 1 aromatic carbocycles. The van der Waals surface area contributed by atoms with E-state index in [1.165, 1.54) is 12.1 Å². The number of carbonyl (C=O) groups excluding carboxylic acids is 3. The largest absolute Gasteiger partial charge is 0.468 e. The summed E-state index contributed by atoms with van der Waals surface area (Å²) in [7, 11) is -4.35. The van der Waals surface area contributed by atoms with Gasteiger partial charge in [0.1, 0.15) is 41.4 Å².